The van der Waals surface area contributed by atoms with E-state index in [0.717, 1.165) is 30.1 Å². The van der Waals surface area contributed by atoms with Gasteiger partial charge in [0, 0.05) is 17.9 Å². The van der Waals surface area contributed by atoms with Crippen LogP contribution in [0.4, 0.5) is 11.4 Å². The lowest BCUT2D eigenvalue weighted by Gasteiger charge is -2.13. The van der Waals surface area contributed by atoms with E-state index in [1.54, 1.807) is 0 Å². The molecule has 1 atom stereocenters. The third-order valence-corrected chi connectivity index (χ3v) is 4.88. The summed E-state index contributed by atoms with van der Waals surface area (Å²) in [6.45, 7) is 3.60. The topological polar surface area (TPSA) is 65.5 Å². The average molecular weight is 472 g/mol. The van der Waals surface area contributed by atoms with Gasteiger partial charge >= 0.3 is 0 Å². The molecule has 0 saturated heterocycles. The first-order valence-electron chi connectivity index (χ1n) is 10.4. The van der Waals surface area contributed by atoms with Crippen molar-refractivity contribution in [1.82, 2.24) is 5.32 Å². The maximum Gasteiger partial charge on any atom is 0.175 e. The SMILES string of the molecule is Cc1ccc(NC(=S)Nc2ccc(CCNC[C@H](O)COc3ccccc3)cc2)cc1.Cl. The van der Waals surface area contributed by atoms with Gasteiger partial charge in [-0.15, -0.1) is 12.4 Å². The number of thiocarbonyl (C=S) groups is 1. The normalized spacial score (nSPS) is 11.2. The van der Waals surface area contributed by atoms with Crippen molar-refractivity contribution in [1.29, 1.82) is 0 Å². The number of aliphatic hydroxyl groups is 1. The van der Waals surface area contributed by atoms with E-state index in [2.05, 4.69) is 35.0 Å². The zero-order valence-electron chi connectivity index (χ0n) is 18.1. The van der Waals surface area contributed by atoms with Crippen LogP contribution in [-0.2, 0) is 6.42 Å². The summed E-state index contributed by atoms with van der Waals surface area (Å²) in [4.78, 5) is 0. The molecule has 0 aliphatic carbocycles. The van der Waals surface area contributed by atoms with Gasteiger partial charge in [0.05, 0.1) is 0 Å². The summed E-state index contributed by atoms with van der Waals surface area (Å²) in [6, 6.07) is 25.8. The lowest BCUT2D eigenvalue weighted by Crippen LogP contribution is -2.32. The Hall–Kier alpha value is -2.64. The number of hydrogen-bond acceptors (Lipinski definition) is 4. The average Bonchev–Trinajstić information content (AvgIpc) is 2.78. The van der Waals surface area contributed by atoms with Crippen LogP contribution in [0.1, 0.15) is 11.1 Å². The van der Waals surface area contributed by atoms with Gasteiger partial charge in [-0.2, -0.15) is 0 Å². The maximum atomic E-state index is 10.0. The van der Waals surface area contributed by atoms with E-state index in [9.17, 15) is 5.11 Å². The van der Waals surface area contributed by atoms with E-state index in [1.807, 2.05) is 66.7 Å². The lowest BCUT2D eigenvalue weighted by molar-refractivity contribution is 0.106. The number of para-hydroxylation sites is 1. The Labute approximate surface area is 201 Å². The molecule has 170 valence electrons. The molecule has 0 spiro atoms. The van der Waals surface area contributed by atoms with Gasteiger partial charge in [-0.3, -0.25) is 0 Å². The highest BCUT2D eigenvalue weighted by Crippen LogP contribution is 2.13. The third-order valence-electron chi connectivity index (χ3n) is 4.68. The molecule has 0 radical (unpaired) electrons. The molecule has 0 aliphatic heterocycles. The van der Waals surface area contributed by atoms with Crippen molar-refractivity contribution in [3.05, 3.63) is 90.0 Å². The molecular formula is C25H30ClN3O2S. The van der Waals surface area contributed by atoms with Crippen molar-refractivity contribution in [3.63, 3.8) is 0 Å². The standard InChI is InChI=1S/C25H29N3O2S.ClH/c1-19-7-11-21(12-8-19)27-25(31)28-22-13-9-20(10-14-22)15-16-26-17-23(29)18-30-24-5-3-2-4-6-24;/h2-14,23,26,29H,15-18H2,1H3,(H2,27,28,31);1H/t23-;/m0./s1. The van der Waals surface area contributed by atoms with Crippen LogP contribution in [0.25, 0.3) is 0 Å². The number of nitrogens with one attached hydrogen (secondary N) is 3. The van der Waals surface area contributed by atoms with Crippen LogP contribution in [0.2, 0.25) is 0 Å². The van der Waals surface area contributed by atoms with Gasteiger partial charge in [0.2, 0.25) is 0 Å². The molecule has 0 aliphatic rings. The zero-order valence-corrected chi connectivity index (χ0v) is 19.7. The number of aliphatic hydroxyl groups excluding tert-OH is 1. The summed E-state index contributed by atoms with van der Waals surface area (Å²) in [5.74, 6) is 0.767. The molecule has 0 aromatic heterocycles. The van der Waals surface area contributed by atoms with Crippen LogP contribution >= 0.6 is 24.6 Å². The van der Waals surface area contributed by atoms with Gasteiger partial charge in [-0.25, -0.2) is 0 Å². The van der Waals surface area contributed by atoms with Crippen LogP contribution in [0, 0.1) is 6.92 Å². The molecule has 4 N–H and O–H groups in total. The number of hydrogen-bond donors (Lipinski definition) is 4. The first-order valence-corrected chi connectivity index (χ1v) is 10.8. The summed E-state index contributed by atoms with van der Waals surface area (Å²) < 4.78 is 5.56. The predicted octanol–water partition coefficient (Wildman–Crippen LogP) is 4.80. The van der Waals surface area contributed by atoms with Crippen LogP contribution in [0.5, 0.6) is 5.75 Å². The Morgan fingerprint density at radius 2 is 1.50 bits per heavy atom. The molecule has 0 amide bonds. The van der Waals surface area contributed by atoms with Crippen LogP contribution in [-0.4, -0.2) is 36.0 Å². The fourth-order valence-electron chi connectivity index (χ4n) is 2.95. The molecule has 3 aromatic carbocycles. The summed E-state index contributed by atoms with van der Waals surface area (Å²) in [6.07, 6.45) is 0.326. The van der Waals surface area contributed by atoms with Gasteiger partial charge in [0.1, 0.15) is 18.5 Å². The molecule has 0 fully saturated rings. The van der Waals surface area contributed by atoms with Crippen molar-refractivity contribution in [2.75, 3.05) is 30.3 Å². The molecule has 0 saturated carbocycles. The van der Waals surface area contributed by atoms with Gasteiger partial charge < -0.3 is 25.8 Å². The molecular weight excluding hydrogens is 442 g/mol. The van der Waals surface area contributed by atoms with Crippen molar-refractivity contribution in [2.24, 2.45) is 0 Å². The van der Waals surface area contributed by atoms with Crippen LogP contribution < -0.4 is 20.7 Å². The second kappa shape index (κ2) is 13.7. The van der Waals surface area contributed by atoms with Gasteiger partial charge in [-0.05, 0) is 74.1 Å². The van der Waals surface area contributed by atoms with Gasteiger partial charge in [-0.1, -0.05) is 48.0 Å². The molecule has 3 rings (SSSR count). The minimum atomic E-state index is -0.547. The highest BCUT2D eigenvalue weighted by molar-refractivity contribution is 7.80. The lowest BCUT2D eigenvalue weighted by atomic mass is 10.1. The minimum Gasteiger partial charge on any atom is -0.491 e. The Balaban J connectivity index is 0.00000363. The summed E-state index contributed by atoms with van der Waals surface area (Å²) >= 11 is 5.38. The van der Waals surface area contributed by atoms with E-state index in [4.69, 9.17) is 17.0 Å². The van der Waals surface area contributed by atoms with Crippen molar-refractivity contribution < 1.29 is 9.84 Å². The maximum absolute atomic E-state index is 10.0. The number of ether oxygens (including phenoxy) is 1. The molecule has 5 nitrogen and oxygen atoms in total. The first kappa shape index (κ1) is 25.6. The van der Waals surface area contributed by atoms with Gasteiger partial charge in [0.25, 0.3) is 0 Å². The van der Waals surface area contributed by atoms with Crippen molar-refractivity contribution >= 4 is 41.1 Å². The molecule has 0 bridgehead atoms. The van der Waals surface area contributed by atoms with E-state index >= 15 is 0 Å². The van der Waals surface area contributed by atoms with E-state index in [0.29, 0.717) is 11.7 Å². The molecule has 0 heterocycles. The molecule has 3 aromatic rings. The Morgan fingerprint density at radius 3 is 2.12 bits per heavy atom. The number of rotatable bonds is 10. The number of aryl methyl sites for hydroxylation is 1. The Kier molecular flexibility index (Phi) is 11.0. The van der Waals surface area contributed by atoms with Crippen LogP contribution in [0.15, 0.2) is 78.9 Å². The molecule has 32 heavy (non-hydrogen) atoms. The highest BCUT2D eigenvalue weighted by Gasteiger charge is 2.05. The van der Waals surface area contributed by atoms with E-state index in [-0.39, 0.29) is 19.0 Å². The molecule has 7 heteroatoms. The third kappa shape index (κ3) is 9.24. The first-order chi connectivity index (χ1) is 15.1. The molecule has 0 unspecified atom stereocenters. The smallest absolute Gasteiger partial charge is 0.175 e. The summed E-state index contributed by atoms with van der Waals surface area (Å²) in [5, 5.41) is 20.2. The minimum absolute atomic E-state index is 0. The van der Waals surface area contributed by atoms with Crippen LogP contribution in [0.3, 0.4) is 0 Å². The van der Waals surface area contributed by atoms with Gasteiger partial charge in [0.15, 0.2) is 5.11 Å². The van der Waals surface area contributed by atoms with Crippen molar-refractivity contribution in [2.45, 2.75) is 19.4 Å². The van der Waals surface area contributed by atoms with E-state index in [1.165, 1.54) is 11.1 Å². The highest BCUT2D eigenvalue weighted by atomic mass is 35.5. The Bertz CT molecular complexity index is 938. The Morgan fingerprint density at radius 1 is 0.906 bits per heavy atom. The fourth-order valence-corrected chi connectivity index (χ4v) is 3.19. The van der Waals surface area contributed by atoms with Crippen molar-refractivity contribution in [3.8, 4) is 5.75 Å². The number of halogens is 1. The fraction of sp³-hybridized carbons (Fsp3) is 0.240. The largest absolute Gasteiger partial charge is 0.491 e. The summed E-state index contributed by atoms with van der Waals surface area (Å²) in [5.41, 5.74) is 4.33. The second-order valence-corrected chi connectivity index (χ2v) is 7.78. The second-order valence-electron chi connectivity index (χ2n) is 7.37. The zero-order chi connectivity index (χ0) is 21.9. The number of anilines is 2. The number of benzene rings is 3. The van der Waals surface area contributed by atoms with E-state index < -0.39 is 6.10 Å². The summed E-state index contributed by atoms with van der Waals surface area (Å²) in [7, 11) is 0. The predicted molar refractivity (Wildman–Crippen MR) is 139 cm³/mol. The quantitative estimate of drug-likeness (QED) is 0.252. The monoisotopic (exact) mass is 471 g/mol.